The fraction of sp³-hybridized carbons (Fsp3) is 0.263. The molecule has 0 saturated carbocycles. The van der Waals surface area contributed by atoms with E-state index in [0.29, 0.717) is 17.5 Å². The predicted octanol–water partition coefficient (Wildman–Crippen LogP) is 3.31. The van der Waals surface area contributed by atoms with Gasteiger partial charge in [0, 0.05) is 28.9 Å². The van der Waals surface area contributed by atoms with Crippen LogP contribution in [-0.2, 0) is 9.84 Å². The number of hydrogen-bond donors (Lipinski definition) is 0. The van der Waals surface area contributed by atoms with Crippen LogP contribution in [0.2, 0.25) is 0 Å². The lowest BCUT2D eigenvalue weighted by atomic mass is 10.2. The van der Waals surface area contributed by atoms with Crippen LogP contribution in [0.15, 0.2) is 36.4 Å². The van der Waals surface area contributed by atoms with Crippen LogP contribution < -0.4 is 0 Å². The van der Waals surface area contributed by atoms with E-state index in [4.69, 9.17) is 5.26 Å². The molecule has 1 aromatic carbocycles. The zero-order valence-corrected chi connectivity index (χ0v) is 15.3. The Morgan fingerprint density at radius 3 is 2.44 bits per heavy atom. The number of aromatic nitrogens is 1. The first kappa shape index (κ1) is 18.7. The number of allylic oxidation sites excluding steroid dienone is 1. The van der Waals surface area contributed by atoms with E-state index in [9.17, 15) is 13.2 Å². The van der Waals surface area contributed by atoms with Gasteiger partial charge in [-0.15, -0.1) is 0 Å². The summed E-state index contributed by atoms with van der Waals surface area (Å²) in [6.07, 6.45) is 5.23. The molecular formula is C19H20N2O3S. The quantitative estimate of drug-likeness (QED) is 0.744. The van der Waals surface area contributed by atoms with Crippen molar-refractivity contribution in [1.29, 1.82) is 5.26 Å². The van der Waals surface area contributed by atoms with Crippen molar-refractivity contribution in [2.24, 2.45) is 0 Å². The SMILES string of the molecule is CC(=O)c1cc(/C=C/CCS(C)(=O)=O)n(-c2ccc(C#N)cc2)c1C. The lowest BCUT2D eigenvalue weighted by Gasteiger charge is -2.10. The Bertz CT molecular complexity index is 959. The van der Waals surface area contributed by atoms with Gasteiger partial charge in [0.1, 0.15) is 9.84 Å². The Morgan fingerprint density at radius 2 is 1.92 bits per heavy atom. The molecule has 0 aliphatic rings. The molecule has 0 bridgehead atoms. The number of nitrogens with zero attached hydrogens (tertiary/aromatic N) is 2. The molecule has 0 atom stereocenters. The van der Waals surface area contributed by atoms with E-state index < -0.39 is 9.84 Å². The molecule has 0 saturated heterocycles. The van der Waals surface area contributed by atoms with Gasteiger partial charge in [-0.25, -0.2) is 8.42 Å². The summed E-state index contributed by atoms with van der Waals surface area (Å²) in [7, 11) is -3.01. The normalized spacial score (nSPS) is 11.6. The van der Waals surface area contributed by atoms with E-state index in [2.05, 4.69) is 6.07 Å². The molecule has 0 aliphatic carbocycles. The molecule has 0 fully saturated rings. The molecule has 0 N–H and O–H groups in total. The van der Waals surface area contributed by atoms with Gasteiger partial charge < -0.3 is 4.57 Å². The van der Waals surface area contributed by atoms with Crippen molar-refractivity contribution in [2.75, 3.05) is 12.0 Å². The number of Topliss-reactive ketones (excluding diaryl/α,β-unsaturated/α-hetero) is 1. The number of ketones is 1. The van der Waals surface area contributed by atoms with Gasteiger partial charge in [0.15, 0.2) is 5.78 Å². The van der Waals surface area contributed by atoms with Crippen molar-refractivity contribution in [2.45, 2.75) is 20.3 Å². The average Bonchev–Trinajstić information content (AvgIpc) is 2.87. The fourth-order valence-corrected chi connectivity index (χ4v) is 3.19. The number of sulfone groups is 1. The Hall–Kier alpha value is -2.65. The van der Waals surface area contributed by atoms with Gasteiger partial charge in [0.25, 0.3) is 0 Å². The fourth-order valence-electron chi connectivity index (χ4n) is 2.62. The summed E-state index contributed by atoms with van der Waals surface area (Å²) < 4.78 is 24.4. The number of rotatable bonds is 6. The van der Waals surface area contributed by atoms with Crippen LogP contribution in [-0.4, -0.2) is 30.8 Å². The van der Waals surface area contributed by atoms with Crippen LogP contribution in [0.25, 0.3) is 11.8 Å². The third-order valence-electron chi connectivity index (χ3n) is 3.85. The molecule has 25 heavy (non-hydrogen) atoms. The second-order valence-corrected chi connectivity index (χ2v) is 8.20. The minimum atomic E-state index is -3.01. The summed E-state index contributed by atoms with van der Waals surface area (Å²) in [5, 5.41) is 8.93. The molecule has 1 heterocycles. The summed E-state index contributed by atoms with van der Waals surface area (Å²) in [5.74, 6) is 0.0512. The molecule has 0 radical (unpaired) electrons. The molecule has 0 unspecified atom stereocenters. The summed E-state index contributed by atoms with van der Waals surface area (Å²) in [6, 6.07) is 11.0. The molecule has 5 nitrogen and oxygen atoms in total. The van der Waals surface area contributed by atoms with Crippen molar-refractivity contribution in [3.05, 3.63) is 58.9 Å². The van der Waals surface area contributed by atoms with Gasteiger partial charge in [-0.05, 0) is 56.7 Å². The van der Waals surface area contributed by atoms with E-state index in [-0.39, 0.29) is 11.5 Å². The minimum Gasteiger partial charge on any atom is -0.314 e. The van der Waals surface area contributed by atoms with Gasteiger partial charge in [-0.1, -0.05) is 6.08 Å². The summed E-state index contributed by atoms with van der Waals surface area (Å²) in [5.41, 5.74) is 3.62. The molecular weight excluding hydrogens is 336 g/mol. The van der Waals surface area contributed by atoms with Crippen LogP contribution in [0, 0.1) is 18.3 Å². The summed E-state index contributed by atoms with van der Waals surface area (Å²) >= 11 is 0. The highest BCUT2D eigenvalue weighted by molar-refractivity contribution is 7.90. The van der Waals surface area contributed by atoms with Crippen LogP contribution in [0.1, 0.15) is 40.7 Å². The van der Waals surface area contributed by atoms with E-state index in [0.717, 1.165) is 17.1 Å². The van der Waals surface area contributed by atoms with Crippen LogP contribution >= 0.6 is 0 Å². The smallest absolute Gasteiger partial charge is 0.161 e. The van der Waals surface area contributed by atoms with Crippen LogP contribution in [0.5, 0.6) is 0 Å². The molecule has 2 aromatic rings. The van der Waals surface area contributed by atoms with E-state index in [1.54, 1.807) is 24.3 Å². The molecule has 0 aliphatic heterocycles. The number of nitriles is 1. The second-order valence-electron chi connectivity index (χ2n) is 5.94. The Balaban J connectivity index is 2.44. The second kappa shape index (κ2) is 7.49. The van der Waals surface area contributed by atoms with Crippen LogP contribution in [0.3, 0.4) is 0 Å². The lowest BCUT2D eigenvalue weighted by Crippen LogP contribution is -2.02. The van der Waals surface area contributed by atoms with Gasteiger partial charge in [-0.2, -0.15) is 5.26 Å². The maximum atomic E-state index is 11.9. The molecule has 0 amide bonds. The number of hydrogen-bond acceptors (Lipinski definition) is 4. The number of carbonyl (C=O) groups excluding carboxylic acids is 1. The van der Waals surface area contributed by atoms with Crippen molar-refractivity contribution >= 4 is 21.7 Å². The first-order valence-corrected chi connectivity index (χ1v) is 9.87. The first-order chi connectivity index (χ1) is 11.7. The Morgan fingerprint density at radius 1 is 1.28 bits per heavy atom. The molecule has 0 spiro atoms. The summed E-state index contributed by atoms with van der Waals surface area (Å²) in [6.45, 7) is 3.38. The predicted molar refractivity (Wildman–Crippen MR) is 98.6 cm³/mol. The minimum absolute atomic E-state index is 0.0318. The molecule has 2 rings (SSSR count). The van der Waals surface area contributed by atoms with E-state index in [1.165, 1.54) is 13.2 Å². The number of carbonyl (C=O) groups is 1. The van der Waals surface area contributed by atoms with Gasteiger partial charge in [-0.3, -0.25) is 4.79 Å². The largest absolute Gasteiger partial charge is 0.314 e. The lowest BCUT2D eigenvalue weighted by molar-refractivity contribution is 0.101. The first-order valence-electron chi connectivity index (χ1n) is 7.81. The monoisotopic (exact) mass is 356 g/mol. The maximum Gasteiger partial charge on any atom is 0.161 e. The molecule has 130 valence electrons. The van der Waals surface area contributed by atoms with Gasteiger partial charge in [0.2, 0.25) is 0 Å². The van der Waals surface area contributed by atoms with Crippen molar-refractivity contribution in [3.63, 3.8) is 0 Å². The highest BCUT2D eigenvalue weighted by atomic mass is 32.2. The zero-order chi connectivity index (χ0) is 18.6. The van der Waals surface area contributed by atoms with Gasteiger partial charge in [0.05, 0.1) is 17.4 Å². The highest BCUT2D eigenvalue weighted by Crippen LogP contribution is 2.23. The molecule has 1 aromatic heterocycles. The van der Waals surface area contributed by atoms with Crippen LogP contribution in [0.4, 0.5) is 0 Å². The van der Waals surface area contributed by atoms with Crippen molar-refractivity contribution < 1.29 is 13.2 Å². The Kier molecular flexibility index (Phi) is 5.60. The van der Waals surface area contributed by atoms with Gasteiger partial charge >= 0.3 is 0 Å². The van der Waals surface area contributed by atoms with E-state index in [1.807, 2.05) is 29.7 Å². The zero-order valence-electron chi connectivity index (χ0n) is 14.5. The summed E-state index contributed by atoms with van der Waals surface area (Å²) in [4.78, 5) is 11.9. The van der Waals surface area contributed by atoms with Crippen molar-refractivity contribution in [3.8, 4) is 11.8 Å². The maximum absolute atomic E-state index is 11.9. The highest BCUT2D eigenvalue weighted by Gasteiger charge is 2.14. The standard InChI is InChI=1S/C19H20N2O3S/c1-14-19(15(2)22)12-18(6-4-5-11-25(3,23)24)21(14)17-9-7-16(13-20)8-10-17/h4,6-10,12H,5,11H2,1-3H3/b6-4+. The number of benzene rings is 1. The topological polar surface area (TPSA) is 79.9 Å². The third kappa shape index (κ3) is 4.68. The third-order valence-corrected chi connectivity index (χ3v) is 4.83. The van der Waals surface area contributed by atoms with E-state index >= 15 is 0 Å². The average molecular weight is 356 g/mol. The Labute approximate surface area is 148 Å². The van der Waals surface area contributed by atoms with Crippen molar-refractivity contribution in [1.82, 2.24) is 4.57 Å². The molecule has 6 heteroatoms.